The minimum Gasteiger partial charge on any atom is -0.352 e. The standard InChI is InChI=1S/C16H23N3O2S/c1-18(2)12-14-6-4-3-5-13(14)11-17-15(20)7-8-19-9-10-22-16(19)21/h3-6H,7-12H2,1-2H3,(H,17,20). The normalized spacial score (nSPS) is 14.7. The number of thioether (sulfide) groups is 1. The fourth-order valence-corrected chi connectivity index (χ4v) is 3.22. The highest BCUT2D eigenvalue weighted by atomic mass is 32.2. The Bertz CT molecular complexity index is 534. The lowest BCUT2D eigenvalue weighted by molar-refractivity contribution is -0.121. The zero-order valence-corrected chi connectivity index (χ0v) is 14.0. The van der Waals surface area contributed by atoms with Gasteiger partial charge in [0, 0.05) is 38.4 Å². The number of nitrogens with one attached hydrogen (secondary N) is 1. The van der Waals surface area contributed by atoms with Gasteiger partial charge in [0.2, 0.25) is 5.91 Å². The van der Waals surface area contributed by atoms with Gasteiger partial charge in [-0.1, -0.05) is 36.0 Å². The van der Waals surface area contributed by atoms with Gasteiger partial charge in [0.05, 0.1) is 0 Å². The molecule has 1 aromatic carbocycles. The first kappa shape index (κ1) is 16.8. The number of rotatable bonds is 7. The van der Waals surface area contributed by atoms with Crippen molar-refractivity contribution in [3.05, 3.63) is 35.4 Å². The quantitative estimate of drug-likeness (QED) is 0.834. The second-order valence-corrected chi connectivity index (χ2v) is 6.68. The van der Waals surface area contributed by atoms with E-state index in [1.54, 1.807) is 4.90 Å². The number of hydrogen-bond donors (Lipinski definition) is 1. The predicted octanol–water partition coefficient (Wildman–Crippen LogP) is 1.92. The van der Waals surface area contributed by atoms with Crippen molar-refractivity contribution < 1.29 is 9.59 Å². The number of carbonyl (C=O) groups is 2. The van der Waals surface area contributed by atoms with E-state index >= 15 is 0 Å². The van der Waals surface area contributed by atoms with Crippen LogP contribution in [0.15, 0.2) is 24.3 Å². The molecule has 0 spiro atoms. The topological polar surface area (TPSA) is 52.7 Å². The van der Waals surface area contributed by atoms with Crippen LogP contribution in [0.5, 0.6) is 0 Å². The van der Waals surface area contributed by atoms with Gasteiger partial charge in [0.15, 0.2) is 0 Å². The van der Waals surface area contributed by atoms with Crippen molar-refractivity contribution in [1.29, 1.82) is 0 Å². The number of hydrogen-bond acceptors (Lipinski definition) is 4. The summed E-state index contributed by atoms with van der Waals surface area (Å²) >= 11 is 1.33. The third kappa shape index (κ3) is 5.03. The first-order valence-electron chi connectivity index (χ1n) is 7.46. The molecule has 1 saturated heterocycles. The van der Waals surface area contributed by atoms with Gasteiger partial charge in [0.1, 0.15) is 0 Å². The van der Waals surface area contributed by atoms with Gasteiger partial charge in [-0.05, 0) is 25.2 Å². The molecule has 2 amide bonds. The van der Waals surface area contributed by atoms with Crippen LogP contribution in [0.4, 0.5) is 4.79 Å². The van der Waals surface area contributed by atoms with Crippen LogP contribution in [-0.2, 0) is 17.9 Å². The Hall–Kier alpha value is -1.53. The highest BCUT2D eigenvalue weighted by Gasteiger charge is 2.21. The average molecular weight is 321 g/mol. The summed E-state index contributed by atoms with van der Waals surface area (Å²) in [5.74, 6) is 0.822. The van der Waals surface area contributed by atoms with Crippen LogP contribution in [0, 0.1) is 0 Å². The Kier molecular flexibility index (Phi) is 6.27. The highest BCUT2D eigenvalue weighted by molar-refractivity contribution is 8.13. The highest BCUT2D eigenvalue weighted by Crippen LogP contribution is 2.17. The molecular weight excluding hydrogens is 298 g/mol. The zero-order valence-electron chi connectivity index (χ0n) is 13.2. The van der Waals surface area contributed by atoms with E-state index in [9.17, 15) is 9.59 Å². The van der Waals surface area contributed by atoms with Crippen molar-refractivity contribution in [3.63, 3.8) is 0 Å². The van der Waals surface area contributed by atoms with Crippen LogP contribution in [0.25, 0.3) is 0 Å². The summed E-state index contributed by atoms with van der Waals surface area (Å²) in [6.07, 6.45) is 0.363. The third-order valence-electron chi connectivity index (χ3n) is 3.53. The summed E-state index contributed by atoms with van der Waals surface area (Å²) < 4.78 is 0. The molecular formula is C16H23N3O2S. The number of benzene rings is 1. The molecule has 1 aliphatic heterocycles. The number of amides is 2. The van der Waals surface area contributed by atoms with Gasteiger partial charge in [-0.25, -0.2) is 0 Å². The van der Waals surface area contributed by atoms with E-state index in [-0.39, 0.29) is 11.1 Å². The van der Waals surface area contributed by atoms with Crippen LogP contribution in [0.1, 0.15) is 17.5 Å². The van der Waals surface area contributed by atoms with Crippen molar-refractivity contribution in [2.24, 2.45) is 0 Å². The van der Waals surface area contributed by atoms with E-state index in [1.807, 2.05) is 32.3 Å². The zero-order chi connectivity index (χ0) is 15.9. The molecule has 1 fully saturated rings. The maximum Gasteiger partial charge on any atom is 0.281 e. The molecule has 120 valence electrons. The van der Waals surface area contributed by atoms with Crippen molar-refractivity contribution in [1.82, 2.24) is 15.1 Å². The average Bonchev–Trinajstić information content (AvgIpc) is 2.89. The monoisotopic (exact) mass is 321 g/mol. The van der Waals surface area contributed by atoms with Gasteiger partial charge in [-0.2, -0.15) is 0 Å². The van der Waals surface area contributed by atoms with Gasteiger partial charge < -0.3 is 15.1 Å². The SMILES string of the molecule is CN(C)Cc1ccccc1CNC(=O)CCN1CCSC1=O. The van der Waals surface area contributed by atoms with Crippen LogP contribution < -0.4 is 5.32 Å². The molecule has 5 nitrogen and oxygen atoms in total. The molecule has 0 bridgehead atoms. The summed E-state index contributed by atoms with van der Waals surface area (Å²) in [6, 6.07) is 8.13. The molecule has 0 unspecified atom stereocenters. The van der Waals surface area contributed by atoms with Crippen LogP contribution in [0.3, 0.4) is 0 Å². The summed E-state index contributed by atoms with van der Waals surface area (Å²) in [4.78, 5) is 27.3. The summed E-state index contributed by atoms with van der Waals surface area (Å²) in [6.45, 7) is 2.65. The lowest BCUT2D eigenvalue weighted by Crippen LogP contribution is -2.31. The first-order chi connectivity index (χ1) is 10.6. The molecule has 0 radical (unpaired) electrons. The van der Waals surface area contributed by atoms with Gasteiger partial charge >= 0.3 is 0 Å². The molecule has 6 heteroatoms. The van der Waals surface area contributed by atoms with Gasteiger partial charge in [-0.15, -0.1) is 0 Å². The molecule has 1 N–H and O–H groups in total. The fourth-order valence-electron chi connectivity index (χ4n) is 2.37. The molecule has 0 aromatic heterocycles. The molecule has 1 heterocycles. The fraction of sp³-hybridized carbons (Fsp3) is 0.500. The second kappa shape index (κ2) is 8.19. The molecule has 2 rings (SSSR count). The summed E-state index contributed by atoms with van der Waals surface area (Å²) in [5, 5.41) is 3.04. The summed E-state index contributed by atoms with van der Waals surface area (Å²) in [5.41, 5.74) is 2.36. The summed E-state index contributed by atoms with van der Waals surface area (Å²) in [7, 11) is 4.06. The van der Waals surface area contributed by atoms with Gasteiger partial charge in [0.25, 0.3) is 5.24 Å². The lowest BCUT2D eigenvalue weighted by Gasteiger charge is -2.16. The smallest absolute Gasteiger partial charge is 0.281 e. The van der Waals surface area contributed by atoms with Crippen LogP contribution >= 0.6 is 11.8 Å². The third-order valence-corrected chi connectivity index (χ3v) is 4.43. The molecule has 0 aliphatic carbocycles. The van der Waals surface area contributed by atoms with E-state index in [2.05, 4.69) is 16.3 Å². The Morgan fingerprint density at radius 1 is 1.32 bits per heavy atom. The number of nitrogens with zero attached hydrogens (tertiary/aromatic N) is 2. The Balaban J connectivity index is 1.79. The Labute approximate surface area is 136 Å². The number of carbonyl (C=O) groups excluding carboxylic acids is 2. The van der Waals surface area contributed by atoms with Gasteiger partial charge in [-0.3, -0.25) is 9.59 Å². The van der Waals surface area contributed by atoms with E-state index in [0.717, 1.165) is 24.4 Å². The largest absolute Gasteiger partial charge is 0.352 e. The van der Waals surface area contributed by atoms with Crippen LogP contribution in [0.2, 0.25) is 0 Å². The van der Waals surface area contributed by atoms with E-state index in [4.69, 9.17) is 0 Å². The molecule has 22 heavy (non-hydrogen) atoms. The second-order valence-electron chi connectivity index (χ2n) is 5.63. The molecule has 0 atom stereocenters. The maximum atomic E-state index is 11.9. The van der Waals surface area contributed by atoms with Crippen molar-refractivity contribution >= 4 is 22.9 Å². The Morgan fingerprint density at radius 3 is 2.68 bits per heavy atom. The molecule has 1 aliphatic rings. The molecule has 0 saturated carbocycles. The Morgan fingerprint density at radius 2 is 2.05 bits per heavy atom. The van der Waals surface area contributed by atoms with Crippen molar-refractivity contribution in [2.45, 2.75) is 19.5 Å². The minimum absolute atomic E-state index is 0.00986. The van der Waals surface area contributed by atoms with Crippen LogP contribution in [-0.4, -0.2) is 53.9 Å². The lowest BCUT2D eigenvalue weighted by atomic mass is 10.1. The van der Waals surface area contributed by atoms with E-state index in [0.29, 0.717) is 19.5 Å². The van der Waals surface area contributed by atoms with Crippen molar-refractivity contribution in [3.8, 4) is 0 Å². The molecule has 1 aromatic rings. The first-order valence-corrected chi connectivity index (χ1v) is 8.44. The predicted molar refractivity (Wildman–Crippen MR) is 89.7 cm³/mol. The maximum absolute atomic E-state index is 11.9. The van der Waals surface area contributed by atoms with E-state index < -0.39 is 0 Å². The minimum atomic E-state index is -0.00986. The van der Waals surface area contributed by atoms with E-state index in [1.165, 1.54) is 17.3 Å². The van der Waals surface area contributed by atoms with Crippen molar-refractivity contribution in [2.75, 3.05) is 32.9 Å².